The Balaban J connectivity index is 1.56. The minimum absolute atomic E-state index is 0.262. The number of hydrogen-bond acceptors (Lipinski definition) is 7. The Kier molecular flexibility index (Phi) is 5.35. The summed E-state index contributed by atoms with van der Waals surface area (Å²) in [6.07, 6.45) is 5.81. The number of aliphatic imine (C=N–C) groups is 2. The van der Waals surface area contributed by atoms with Crippen LogP contribution in [0.3, 0.4) is 0 Å². The molecule has 2 amide bonds. The highest BCUT2D eigenvalue weighted by Gasteiger charge is 2.26. The molecule has 10 heteroatoms. The van der Waals surface area contributed by atoms with E-state index in [-0.39, 0.29) is 11.7 Å². The van der Waals surface area contributed by atoms with Crippen molar-refractivity contribution in [2.45, 2.75) is 26.4 Å². The first-order valence-corrected chi connectivity index (χ1v) is 9.55. The molecule has 4 heterocycles. The summed E-state index contributed by atoms with van der Waals surface area (Å²) in [6, 6.07) is 6.53. The lowest BCUT2D eigenvalue weighted by Gasteiger charge is -2.15. The van der Waals surface area contributed by atoms with Crippen molar-refractivity contribution in [1.29, 1.82) is 0 Å². The lowest BCUT2D eigenvalue weighted by Crippen LogP contribution is -2.24. The van der Waals surface area contributed by atoms with E-state index in [2.05, 4.69) is 30.4 Å². The van der Waals surface area contributed by atoms with E-state index in [4.69, 9.17) is 5.73 Å². The third-order valence-electron chi connectivity index (χ3n) is 4.87. The summed E-state index contributed by atoms with van der Waals surface area (Å²) in [5.41, 5.74) is 9.35. The SMILES string of the molecule is Cc1cc(N)nc(C)c1CNC(=O)c1cnn(C(C2=NC(=O)C=N2)c2ccccn2)c1. The van der Waals surface area contributed by atoms with Crippen LogP contribution in [0.15, 0.2) is 52.8 Å². The highest BCUT2D eigenvalue weighted by Crippen LogP contribution is 2.21. The predicted molar refractivity (Wildman–Crippen MR) is 115 cm³/mol. The quantitative estimate of drug-likeness (QED) is 0.622. The number of nitrogens with two attached hydrogens (primary N) is 1. The van der Waals surface area contributed by atoms with Crippen molar-refractivity contribution in [3.63, 3.8) is 0 Å². The Hall–Kier alpha value is -4.21. The molecule has 3 aromatic heterocycles. The molecule has 0 fully saturated rings. The van der Waals surface area contributed by atoms with Gasteiger partial charge in [-0.25, -0.2) is 9.98 Å². The van der Waals surface area contributed by atoms with E-state index in [1.165, 1.54) is 10.9 Å². The van der Waals surface area contributed by atoms with Crippen molar-refractivity contribution in [2.75, 3.05) is 5.73 Å². The Morgan fingerprint density at radius 2 is 2.13 bits per heavy atom. The van der Waals surface area contributed by atoms with E-state index in [1.54, 1.807) is 30.6 Å². The van der Waals surface area contributed by atoms with Gasteiger partial charge in [0, 0.05) is 24.6 Å². The molecule has 0 saturated carbocycles. The first-order valence-electron chi connectivity index (χ1n) is 9.55. The van der Waals surface area contributed by atoms with Crippen molar-refractivity contribution in [2.24, 2.45) is 9.98 Å². The number of carbonyl (C=O) groups is 2. The molecule has 10 nitrogen and oxygen atoms in total. The molecule has 0 aliphatic carbocycles. The maximum atomic E-state index is 12.7. The van der Waals surface area contributed by atoms with Crippen LogP contribution in [0.4, 0.5) is 5.82 Å². The Labute approximate surface area is 178 Å². The topological polar surface area (TPSA) is 141 Å². The molecule has 0 spiro atoms. The summed E-state index contributed by atoms with van der Waals surface area (Å²) in [7, 11) is 0. The number of pyridine rings is 2. The van der Waals surface area contributed by atoms with Crippen molar-refractivity contribution >= 4 is 29.7 Å². The number of nitrogens with one attached hydrogen (secondary N) is 1. The molecule has 1 unspecified atom stereocenters. The van der Waals surface area contributed by atoms with Gasteiger partial charge in [0.15, 0.2) is 11.9 Å². The number of amidine groups is 1. The van der Waals surface area contributed by atoms with Gasteiger partial charge in [-0.05, 0) is 43.2 Å². The number of amides is 2. The van der Waals surface area contributed by atoms with Gasteiger partial charge in [-0.3, -0.25) is 19.3 Å². The molecule has 0 bridgehead atoms. The molecule has 0 saturated heterocycles. The number of nitrogens with zero attached hydrogens (tertiary/aromatic N) is 6. The molecule has 3 aromatic rings. The molecule has 0 radical (unpaired) electrons. The van der Waals surface area contributed by atoms with Crippen LogP contribution in [-0.2, 0) is 11.3 Å². The van der Waals surface area contributed by atoms with Crippen LogP contribution in [0.25, 0.3) is 0 Å². The molecule has 31 heavy (non-hydrogen) atoms. The van der Waals surface area contributed by atoms with Gasteiger partial charge in [0.25, 0.3) is 11.8 Å². The van der Waals surface area contributed by atoms with E-state index >= 15 is 0 Å². The monoisotopic (exact) mass is 416 g/mol. The number of rotatable bonds is 6. The van der Waals surface area contributed by atoms with Crippen LogP contribution in [0.5, 0.6) is 0 Å². The van der Waals surface area contributed by atoms with Gasteiger partial charge in [-0.1, -0.05) is 6.07 Å². The molecule has 1 aliphatic rings. The zero-order valence-corrected chi connectivity index (χ0v) is 17.0. The normalized spacial score (nSPS) is 13.9. The van der Waals surface area contributed by atoms with Crippen LogP contribution in [0.2, 0.25) is 0 Å². The molecule has 3 N–H and O–H groups in total. The number of aryl methyl sites for hydroxylation is 2. The smallest absolute Gasteiger partial charge is 0.290 e. The molecular weight excluding hydrogens is 396 g/mol. The number of hydrogen-bond donors (Lipinski definition) is 2. The Morgan fingerprint density at radius 3 is 2.81 bits per heavy atom. The molecule has 0 aromatic carbocycles. The van der Waals surface area contributed by atoms with E-state index in [0.29, 0.717) is 23.6 Å². The third kappa shape index (κ3) is 4.22. The van der Waals surface area contributed by atoms with E-state index < -0.39 is 11.9 Å². The fraction of sp³-hybridized carbons (Fsp3) is 0.190. The summed E-state index contributed by atoms with van der Waals surface area (Å²) < 4.78 is 1.52. The first kappa shape index (κ1) is 20.1. The second-order valence-corrected chi connectivity index (χ2v) is 7.04. The van der Waals surface area contributed by atoms with Gasteiger partial charge in [-0.15, -0.1) is 0 Å². The second-order valence-electron chi connectivity index (χ2n) is 7.04. The molecule has 1 atom stereocenters. The van der Waals surface area contributed by atoms with Crippen LogP contribution in [-0.4, -0.2) is 43.6 Å². The fourth-order valence-electron chi connectivity index (χ4n) is 3.37. The number of aromatic nitrogens is 4. The van der Waals surface area contributed by atoms with Gasteiger partial charge in [0.2, 0.25) is 0 Å². The summed E-state index contributed by atoms with van der Waals surface area (Å²) in [5, 5.41) is 7.19. The highest BCUT2D eigenvalue weighted by atomic mass is 16.2. The predicted octanol–water partition coefficient (Wildman–Crippen LogP) is 1.40. The largest absolute Gasteiger partial charge is 0.384 e. The molecular formula is C21H20N8O2. The average molecular weight is 416 g/mol. The van der Waals surface area contributed by atoms with Crippen molar-refractivity contribution in [1.82, 2.24) is 25.1 Å². The van der Waals surface area contributed by atoms with Crippen LogP contribution < -0.4 is 11.1 Å². The zero-order valence-electron chi connectivity index (χ0n) is 17.0. The van der Waals surface area contributed by atoms with Gasteiger partial charge in [-0.2, -0.15) is 10.1 Å². The lowest BCUT2D eigenvalue weighted by atomic mass is 10.1. The molecule has 4 rings (SSSR count). The summed E-state index contributed by atoms with van der Waals surface area (Å²) in [4.78, 5) is 40.9. The standard InChI is InChI=1S/C21H20N8O2/c1-12-7-17(22)27-13(2)15(12)9-25-21(31)14-8-26-29(11-14)19(16-5-3-4-6-23-16)20-24-10-18(30)28-20/h3-8,10-11,19H,9H2,1-2H3,(H2,22,27)(H,25,31). The zero-order chi connectivity index (χ0) is 22.0. The van der Waals surface area contributed by atoms with Gasteiger partial charge >= 0.3 is 0 Å². The van der Waals surface area contributed by atoms with Crippen LogP contribution in [0.1, 0.15) is 38.9 Å². The van der Waals surface area contributed by atoms with Crippen LogP contribution in [0, 0.1) is 13.8 Å². The maximum Gasteiger partial charge on any atom is 0.290 e. The molecule has 156 valence electrons. The summed E-state index contributed by atoms with van der Waals surface area (Å²) in [6.45, 7) is 4.08. The van der Waals surface area contributed by atoms with E-state index in [1.807, 2.05) is 19.9 Å². The van der Waals surface area contributed by atoms with E-state index in [9.17, 15) is 9.59 Å². The minimum Gasteiger partial charge on any atom is -0.384 e. The first-order chi connectivity index (χ1) is 14.9. The van der Waals surface area contributed by atoms with Crippen LogP contribution >= 0.6 is 0 Å². The van der Waals surface area contributed by atoms with Gasteiger partial charge in [0.05, 0.1) is 23.7 Å². The number of nitrogen functional groups attached to an aromatic ring is 1. The lowest BCUT2D eigenvalue weighted by molar-refractivity contribution is -0.111. The van der Waals surface area contributed by atoms with Crippen molar-refractivity contribution < 1.29 is 9.59 Å². The third-order valence-corrected chi connectivity index (χ3v) is 4.87. The van der Waals surface area contributed by atoms with Gasteiger partial charge in [0.1, 0.15) is 5.82 Å². The van der Waals surface area contributed by atoms with Crippen molar-refractivity contribution in [3.8, 4) is 0 Å². The fourth-order valence-corrected chi connectivity index (χ4v) is 3.37. The van der Waals surface area contributed by atoms with Crippen molar-refractivity contribution in [3.05, 3.63) is 70.9 Å². The maximum absolute atomic E-state index is 12.7. The second kappa shape index (κ2) is 8.27. The van der Waals surface area contributed by atoms with E-state index in [0.717, 1.165) is 23.0 Å². The highest BCUT2D eigenvalue weighted by molar-refractivity contribution is 6.35. The summed E-state index contributed by atoms with van der Waals surface area (Å²) in [5.74, 6) is -0.0284. The summed E-state index contributed by atoms with van der Waals surface area (Å²) >= 11 is 0. The number of anilines is 1. The molecule has 1 aliphatic heterocycles. The average Bonchev–Trinajstić information content (AvgIpc) is 3.38. The number of carbonyl (C=O) groups excluding carboxylic acids is 2. The van der Waals surface area contributed by atoms with Gasteiger partial charge < -0.3 is 11.1 Å². The Morgan fingerprint density at radius 1 is 1.29 bits per heavy atom. The Bertz CT molecular complexity index is 1190. The minimum atomic E-state index is -0.628.